The summed E-state index contributed by atoms with van der Waals surface area (Å²) >= 11 is 4.89. The molecule has 3 N–H and O–H groups in total. The van der Waals surface area contributed by atoms with E-state index >= 15 is 0 Å². The van der Waals surface area contributed by atoms with Gasteiger partial charge in [0.1, 0.15) is 11.7 Å². The van der Waals surface area contributed by atoms with E-state index in [0.717, 1.165) is 16.8 Å². The summed E-state index contributed by atoms with van der Waals surface area (Å²) in [5, 5.41) is 2.94. The number of hydrogen-bond donors (Lipinski definition) is 2. The molecule has 0 unspecified atom stereocenters. The van der Waals surface area contributed by atoms with E-state index in [2.05, 4.69) is 5.32 Å². The minimum atomic E-state index is -0.412. The van der Waals surface area contributed by atoms with Gasteiger partial charge in [-0.05, 0) is 24.6 Å². The van der Waals surface area contributed by atoms with Crippen molar-refractivity contribution in [3.8, 4) is 0 Å². The number of aryl methyl sites for hydroxylation is 1. The summed E-state index contributed by atoms with van der Waals surface area (Å²) in [5.41, 5.74) is 8.19. The minimum absolute atomic E-state index is 0.277. The molecular weight excluding hydrogens is 199 g/mol. The van der Waals surface area contributed by atoms with E-state index in [1.807, 2.05) is 25.1 Å². The van der Waals surface area contributed by atoms with Gasteiger partial charge >= 0.3 is 0 Å². The minimum Gasteiger partial charge on any atom is -0.389 e. The van der Waals surface area contributed by atoms with Gasteiger partial charge < -0.3 is 11.1 Å². The number of nitrogens with two attached hydrogens (primary N) is 1. The first-order valence-electron chi connectivity index (χ1n) is 4.35. The summed E-state index contributed by atoms with van der Waals surface area (Å²) in [7, 11) is 0. The molecule has 1 aromatic rings. The summed E-state index contributed by atoms with van der Waals surface area (Å²) in [5.74, 6) is 0. The van der Waals surface area contributed by atoms with Gasteiger partial charge in [0.25, 0.3) is 0 Å². The van der Waals surface area contributed by atoms with Crippen LogP contribution in [0.15, 0.2) is 18.2 Å². The van der Waals surface area contributed by atoms with Crippen molar-refractivity contribution in [2.24, 2.45) is 5.73 Å². The Balaban J connectivity index is 2.97. The van der Waals surface area contributed by atoms with Crippen LogP contribution < -0.4 is 11.1 Å². The van der Waals surface area contributed by atoms with Crippen LogP contribution in [0.3, 0.4) is 0 Å². The molecule has 0 bridgehead atoms. The van der Waals surface area contributed by atoms with Crippen LogP contribution in [0, 0.1) is 6.92 Å². The normalized spacial score (nSPS) is 9.86. The van der Waals surface area contributed by atoms with Crippen LogP contribution in [-0.4, -0.2) is 18.2 Å². The zero-order valence-electron chi connectivity index (χ0n) is 8.01. The fourth-order valence-corrected chi connectivity index (χ4v) is 1.38. The molecule has 0 amide bonds. The molecule has 0 aromatic heterocycles. The third-order valence-electron chi connectivity index (χ3n) is 1.85. The molecule has 76 valence electrons. The van der Waals surface area contributed by atoms with Crippen molar-refractivity contribution in [2.45, 2.75) is 6.92 Å². The largest absolute Gasteiger partial charge is 0.389 e. The van der Waals surface area contributed by atoms with Gasteiger partial charge in [0.05, 0.1) is 0 Å². The number of anilines is 1. The maximum atomic E-state index is 12.0. The lowest BCUT2D eigenvalue weighted by molar-refractivity contribution is 0.513. The molecule has 1 aromatic carbocycles. The Morgan fingerprint density at radius 2 is 2.29 bits per heavy atom. The Kier molecular flexibility index (Phi) is 3.83. The molecule has 0 heterocycles. The van der Waals surface area contributed by atoms with Crippen LogP contribution in [0.1, 0.15) is 11.1 Å². The van der Waals surface area contributed by atoms with Crippen molar-refractivity contribution in [1.29, 1.82) is 0 Å². The Morgan fingerprint density at radius 1 is 1.57 bits per heavy atom. The van der Waals surface area contributed by atoms with E-state index in [0.29, 0.717) is 4.99 Å². The van der Waals surface area contributed by atoms with Crippen molar-refractivity contribution in [3.63, 3.8) is 0 Å². The smallest absolute Gasteiger partial charge is 0.107 e. The summed E-state index contributed by atoms with van der Waals surface area (Å²) in [6, 6.07) is 5.68. The van der Waals surface area contributed by atoms with Crippen molar-refractivity contribution in [3.05, 3.63) is 29.3 Å². The van der Waals surface area contributed by atoms with Gasteiger partial charge in [-0.3, -0.25) is 0 Å². The lowest BCUT2D eigenvalue weighted by Crippen LogP contribution is -2.14. The highest BCUT2D eigenvalue weighted by atomic mass is 32.1. The van der Waals surface area contributed by atoms with Gasteiger partial charge in [-0.15, -0.1) is 0 Å². The SMILES string of the molecule is Cc1ccc(C(N)=S)c(NCCF)c1. The molecule has 0 aliphatic heterocycles. The monoisotopic (exact) mass is 212 g/mol. The summed E-state index contributed by atoms with van der Waals surface area (Å²) in [6.07, 6.45) is 0. The van der Waals surface area contributed by atoms with Crippen LogP contribution in [0.4, 0.5) is 10.1 Å². The number of nitrogens with one attached hydrogen (secondary N) is 1. The third kappa shape index (κ3) is 2.67. The second-order valence-electron chi connectivity index (χ2n) is 3.03. The number of alkyl halides is 1. The van der Waals surface area contributed by atoms with Crippen molar-refractivity contribution in [1.82, 2.24) is 0 Å². The molecule has 0 atom stereocenters. The fourth-order valence-electron chi connectivity index (χ4n) is 1.20. The highest BCUT2D eigenvalue weighted by molar-refractivity contribution is 7.80. The van der Waals surface area contributed by atoms with Crippen LogP contribution >= 0.6 is 12.2 Å². The van der Waals surface area contributed by atoms with Gasteiger partial charge in [0.15, 0.2) is 0 Å². The van der Waals surface area contributed by atoms with Crippen molar-refractivity contribution in [2.75, 3.05) is 18.5 Å². The van der Waals surface area contributed by atoms with Crippen LogP contribution in [0.2, 0.25) is 0 Å². The molecule has 0 fully saturated rings. The Labute approximate surface area is 88.3 Å². The van der Waals surface area contributed by atoms with Crippen molar-refractivity contribution < 1.29 is 4.39 Å². The predicted molar refractivity (Wildman–Crippen MR) is 61.5 cm³/mol. The van der Waals surface area contributed by atoms with Gasteiger partial charge in [-0.2, -0.15) is 0 Å². The molecular formula is C10H13FN2S. The van der Waals surface area contributed by atoms with E-state index in [4.69, 9.17) is 18.0 Å². The third-order valence-corrected chi connectivity index (χ3v) is 2.07. The average Bonchev–Trinajstić information content (AvgIpc) is 2.14. The van der Waals surface area contributed by atoms with E-state index in [-0.39, 0.29) is 6.54 Å². The van der Waals surface area contributed by atoms with E-state index in [1.165, 1.54) is 0 Å². The van der Waals surface area contributed by atoms with Gasteiger partial charge in [0.2, 0.25) is 0 Å². The standard InChI is InChI=1S/C10H13FN2S/c1-7-2-3-8(10(12)14)9(6-7)13-5-4-11/h2-3,6,13H,4-5H2,1H3,(H2,12,14). The molecule has 1 rings (SSSR count). The fraction of sp³-hybridized carbons (Fsp3) is 0.300. The topological polar surface area (TPSA) is 38.0 Å². The molecule has 0 aliphatic rings. The number of thiocarbonyl (C=S) groups is 1. The van der Waals surface area contributed by atoms with Crippen molar-refractivity contribution >= 4 is 22.9 Å². The van der Waals surface area contributed by atoms with Crippen LogP contribution in [-0.2, 0) is 0 Å². The van der Waals surface area contributed by atoms with Gasteiger partial charge in [-0.25, -0.2) is 4.39 Å². The predicted octanol–water partition coefficient (Wildman–Crippen LogP) is 2.01. The summed E-state index contributed by atoms with van der Waals surface area (Å²) in [4.78, 5) is 0.325. The first kappa shape index (κ1) is 10.9. The first-order chi connectivity index (χ1) is 6.65. The molecule has 0 saturated carbocycles. The highest BCUT2D eigenvalue weighted by Gasteiger charge is 2.04. The van der Waals surface area contributed by atoms with Crippen LogP contribution in [0.5, 0.6) is 0 Å². The lowest BCUT2D eigenvalue weighted by atomic mass is 10.1. The Bertz CT molecular complexity index is 339. The number of rotatable bonds is 4. The number of halogens is 1. The summed E-state index contributed by atoms with van der Waals surface area (Å²) < 4.78 is 12.0. The summed E-state index contributed by atoms with van der Waals surface area (Å²) in [6.45, 7) is 1.83. The molecule has 0 spiro atoms. The van der Waals surface area contributed by atoms with Crippen LogP contribution in [0.25, 0.3) is 0 Å². The second kappa shape index (κ2) is 4.91. The van der Waals surface area contributed by atoms with E-state index in [1.54, 1.807) is 0 Å². The second-order valence-corrected chi connectivity index (χ2v) is 3.47. The zero-order valence-corrected chi connectivity index (χ0v) is 8.83. The maximum absolute atomic E-state index is 12.0. The Hall–Kier alpha value is -1.16. The number of hydrogen-bond acceptors (Lipinski definition) is 2. The molecule has 2 nitrogen and oxygen atoms in total. The Morgan fingerprint density at radius 3 is 2.86 bits per heavy atom. The molecule has 4 heteroatoms. The molecule has 0 saturated heterocycles. The van der Waals surface area contributed by atoms with Gasteiger partial charge in [-0.1, -0.05) is 18.3 Å². The zero-order chi connectivity index (χ0) is 10.6. The first-order valence-corrected chi connectivity index (χ1v) is 4.76. The maximum Gasteiger partial charge on any atom is 0.107 e. The molecule has 14 heavy (non-hydrogen) atoms. The quantitative estimate of drug-likeness (QED) is 0.750. The van der Waals surface area contributed by atoms with E-state index < -0.39 is 6.67 Å². The van der Waals surface area contributed by atoms with E-state index in [9.17, 15) is 4.39 Å². The molecule has 0 radical (unpaired) electrons. The lowest BCUT2D eigenvalue weighted by Gasteiger charge is -2.10. The molecule has 0 aliphatic carbocycles. The highest BCUT2D eigenvalue weighted by Crippen LogP contribution is 2.17. The van der Waals surface area contributed by atoms with Gasteiger partial charge in [0, 0.05) is 17.8 Å². The average molecular weight is 212 g/mol. The number of benzene rings is 1.